The highest BCUT2D eigenvalue weighted by atomic mass is 32.2. The summed E-state index contributed by atoms with van der Waals surface area (Å²) in [5.41, 5.74) is 6.34. The summed E-state index contributed by atoms with van der Waals surface area (Å²) in [5.74, 6) is 2.03. The lowest BCUT2D eigenvalue weighted by atomic mass is 9.84. The van der Waals surface area contributed by atoms with E-state index in [1.165, 1.54) is 44.3 Å². The molecule has 2 heterocycles. The van der Waals surface area contributed by atoms with Crippen molar-refractivity contribution >= 4 is 11.8 Å². The number of nitrogens with zero attached hydrogens (tertiary/aromatic N) is 3. The van der Waals surface area contributed by atoms with E-state index in [9.17, 15) is 0 Å². The van der Waals surface area contributed by atoms with E-state index in [4.69, 9.17) is 5.73 Å². The molecule has 0 saturated heterocycles. The number of hydrogen-bond acceptors (Lipinski definition) is 4. The van der Waals surface area contributed by atoms with Crippen LogP contribution in [0.3, 0.4) is 0 Å². The molecule has 3 unspecified atom stereocenters. The number of aromatic nitrogens is 3. The van der Waals surface area contributed by atoms with Gasteiger partial charge in [-0.3, -0.25) is 0 Å². The second-order valence-electron chi connectivity index (χ2n) is 6.27. The van der Waals surface area contributed by atoms with Gasteiger partial charge in [0.15, 0.2) is 5.16 Å². The van der Waals surface area contributed by atoms with Crippen LogP contribution in [0, 0.1) is 5.92 Å². The van der Waals surface area contributed by atoms with Gasteiger partial charge < -0.3 is 10.3 Å². The van der Waals surface area contributed by atoms with Crippen molar-refractivity contribution in [1.82, 2.24) is 14.8 Å². The Bertz CT molecular complexity index is 445. The highest BCUT2D eigenvalue weighted by Gasteiger charge is 2.30. The fourth-order valence-corrected chi connectivity index (χ4v) is 4.78. The van der Waals surface area contributed by atoms with Crippen molar-refractivity contribution in [2.24, 2.45) is 11.7 Å². The lowest BCUT2D eigenvalue weighted by Crippen LogP contribution is -2.38. The highest BCUT2D eigenvalue weighted by Crippen LogP contribution is 2.36. The first kappa shape index (κ1) is 14.4. The van der Waals surface area contributed by atoms with Crippen LogP contribution in [0.4, 0.5) is 0 Å². The molecule has 0 bridgehead atoms. The normalized spacial score (nSPS) is 30.8. The molecule has 0 radical (unpaired) electrons. The van der Waals surface area contributed by atoms with Crippen molar-refractivity contribution in [2.45, 2.75) is 81.3 Å². The van der Waals surface area contributed by atoms with E-state index in [0.29, 0.717) is 11.3 Å². The van der Waals surface area contributed by atoms with Crippen LogP contribution in [0.1, 0.15) is 57.7 Å². The molecule has 1 aliphatic heterocycles. The minimum Gasteiger partial charge on any atom is -0.327 e. The fraction of sp³-hybridized carbons (Fsp3) is 0.867. The molecule has 20 heavy (non-hydrogen) atoms. The molecule has 3 rings (SSSR count). The van der Waals surface area contributed by atoms with E-state index in [2.05, 4.69) is 21.7 Å². The van der Waals surface area contributed by atoms with Crippen molar-refractivity contribution in [1.29, 1.82) is 0 Å². The SMILES string of the molecule is CCC1CCC(N)C(Sc2nnc3n2CCCCC3)C1. The molecule has 1 aromatic heterocycles. The summed E-state index contributed by atoms with van der Waals surface area (Å²) in [6.45, 7) is 3.39. The van der Waals surface area contributed by atoms with Crippen LogP contribution >= 0.6 is 11.8 Å². The van der Waals surface area contributed by atoms with Crippen LogP contribution in [-0.2, 0) is 13.0 Å². The molecule has 2 N–H and O–H groups in total. The molecule has 0 aromatic carbocycles. The van der Waals surface area contributed by atoms with E-state index < -0.39 is 0 Å². The molecule has 0 amide bonds. The van der Waals surface area contributed by atoms with E-state index in [1.54, 1.807) is 0 Å². The number of thioether (sulfide) groups is 1. The molecule has 0 spiro atoms. The summed E-state index contributed by atoms with van der Waals surface area (Å²) in [5, 5.41) is 10.5. The Morgan fingerprint density at radius 2 is 2.15 bits per heavy atom. The largest absolute Gasteiger partial charge is 0.327 e. The Hall–Kier alpha value is -0.550. The van der Waals surface area contributed by atoms with Crippen LogP contribution in [0.5, 0.6) is 0 Å². The summed E-state index contributed by atoms with van der Waals surface area (Å²) in [6.07, 6.45) is 9.89. The third-order valence-corrected chi connectivity index (χ3v) is 6.22. The molecule has 4 nitrogen and oxygen atoms in total. The standard InChI is InChI=1S/C15H26N4S/c1-2-11-7-8-12(16)13(10-11)20-15-18-17-14-6-4-3-5-9-19(14)15/h11-13H,2-10,16H2,1H3. The third kappa shape index (κ3) is 3.03. The van der Waals surface area contributed by atoms with Gasteiger partial charge in [0.05, 0.1) is 0 Å². The van der Waals surface area contributed by atoms with Gasteiger partial charge >= 0.3 is 0 Å². The van der Waals surface area contributed by atoms with Crippen molar-refractivity contribution in [3.8, 4) is 0 Å². The van der Waals surface area contributed by atoms with Crippen LogP contribution in [0.2, 0.25) is 0 Å². The average molecular weight is 294 g/mol. The van der Waals surface area contributed by atoms with Crippen molar-refractivity contribution in [2.75, 3.05) is 0 Å². The number of aryl methyl sites for hydroxylation is 1. The van der Waals surface area contributed by atoms with Gasteiger partial charge in [0.2, 0.25) is 0 Å². The second-order valence-corrected chi connectivity index (χ2v) is 7.47. The van der Waals surface area contributed by atoms with Gasteiger partial charge in [-0.25, -0.2) is 0 Å². The summed E-state index contributed by atoms with van der Waals surface area (Å²) in [4.78, 5) is 0. The van der Waals surface area contributed by atoms with Gasteiger partial charge in [-0.05, 0) is 38.0 Å². The van der Waals surface area contributed by atoms with Crippen molar-refractivity contribution in [3.05, 3.63) is 5.82 Å². The Morgan fingerprint density at radius 3 is 3.00 bits per heavy atom. The number of hydrogen-bond donors (Lipinski definition) is 1. The lowest BCUT2D eigenvalue weighted by molar-refractivity contribution is 0.327. The van der Waals surface area contributed by atoms with Gasteiger partial charge in [-0.1, -0.05) is 31.5 Å². The molecular weight excluding hydrogens is 268 g/mol. The minimum absolute atomic E-state index is 0.321. The van der Waals surface area contributed by atoms with E-state index >= 15 is 0 Å². The average Bonchev–Trinajstić information content (AvgIpc) is 2.70. The molecule has 1 aromatic rings. The molecular formula is C15H26N4S. The zero-order valence-electron chi connectivity index (χ0n) is 12.4. The maximum atomic E-state index is 6.34. The van der Waals surface area contributed by atoms with Crippen LogP contribution in [0.25, 0.3) is 0 Å². The summed E-state index contributed by atoms with van der Waals surface area (Å²) < 4.78 is 2.35. The molecule has 3 atom stereocenters. The minimum atomic E-state index is 0.321. The smallest absolute Gasteiger partial charge is 0.191 e. The molecule has 112 valence electrons. The number of fused-ring (bicyclic) bond motifs is 1. The van der Waals surface area contributed by atoms with Gasteiger partial charge in [-0.15, -0.1) is 10.2 Å². The predicted octanol–water partition coefficient (Wildman–Crippen LogP) is 3.00. The Kier molecular flexibility index (Phi) is 4.66. The molecule has 1 aliphatic carbocycles. The number of nitrogens with two attached hydrogens (primary N) is 1. The Labute approximate surface area is 125 Å². The van der Waals surface area contributed by atoms with E-state index in [0.717, 1.165) is 30.5 Å². The summed E-state index contributed by atoms with van der Waals surface area (Å²) in [6, 6.07) is 0.321. The van der Waals surface area contributed by atoms with Crippen molar-refractivity contribution < 1.29 is 0 Å². The van der Waals surface area contributed by atoms with Crippen LogP contribution in [-0.4, -0.2) is 26.1 Å². The molecule has 1 saturated carbocycles. The predicted molar refractivity (Wildman–Crippen MR) is 82.8 cm³/mol. The van der Waals surface area contributed by atoms with Crippen LogP contribution in [0.15, 0.2) is 5.16 Å². The summed E-state index contributed by atoms with van der Waals surface area (Å²) in [7, 11) is 0. The van der Waals surface area contributed by atoms with E-state index in [1.807, 2.05) is 11.8 Å². The Morgan fingerprint density at radius 1 is 1.25 bits per heavy atom. The van der Waals surface area contributed by atoms with Gasteiger partial charge in [0.25, 0.3) is 0 Å². The monoisotopic (exact) mass is 294 g/mol. The van der Waals surface area contributed by atoms with Crippen molar-refractivity contribution in [3.63, 3.8) is 0 Å². The zero-order chi connectivity index (χ0) is 13.9. The molecule has 1 fully saturated rings. The zero-order valence-corrected chi connectivity index (χ0v) is 13.2. The first-order valence-electron chi connectivity index (χ1n) is 8.12. The second kappa shape index (κ2) is 6.48. The quantitative estimate of drug-likeness (QED) is 0.931. The maximum Gasteiger partial charge on any atom is 0.191 e. The topological polar surface area (TPSA) is 56.7 Å². The maximum absolute atomic E-state index is 6.34. The third-order valence-electron chi connectivity index (χ3n) is 4.86. The van der Waals surface area contributed by atoms with Gasteiger partial charge in [0, 0.05) is 24.3 Å². The summed E-state index contributed by atoms with van der Waals surface area (Å²) >= 11 is 1.89. The Balaban J connectivity index is 1.72. The van der Waals surface area contributed by atoms with Crippen LogP contribution < -0.4 is 5.73 Å². The first-order valence-corrected chi connectivity index (χ1v) is 9.00. The first-order chi connectivity index (χ1) is 9.78. The molecule has 2 aliphatic rings. The highest BCUT2D eigenvalue weighted by molar-refractivity contribution is 7.99. The van der Waals surface area contributed by atoms with Gasteiger partial charge in [-0.2, -0.15) is 0 Å². The lowest BCUT2D eigenvalue weighted by Gasteiger charge is -2.32. The molecule has 5 heteroatoms. The number of rotatable bonds is 3. The fourth-order valence-electron chi connectivity index (χ4n) is 3.42. The van der Waals surface area contributed by atoms with Gasteiger partial charge in [0.1, 0.15) is 5.82 Å². The van der Waals surface area contributed by atoms with E-state index in [-0.39, 0.29) is 0 Å².